The largest absolute Gasteiger partial charge is 0.392 e. The molecule has 1 amide bonds. The predicted octanol–water partition coefficient (Wildman–Crippen LogP) is 0.899. The maximum atomic E-state index is 11.8. The number of amides is 1. The second-order valence-corrected chi connectivity index (χ2v) is 5.59. The molecule has 3 N–H and O–H groups in total. The lowest BCUT2D eigenvalue weighted by Gasteiger charge is -2.38. The fourth-order valence-electron chi connectivity index (χ4n) is 2.45. The first kappa shape index (κ1) is 14.5. The van der Waals surface area contributed by atoms with Crippen molar-refractivity contribution in [3.63, 3.8) is 0 Å². The summed E-state index contributed by atoms with van der Waals surface area (Å²) in [4.78, 5) is 11.8. The lowest BCUT2D eigenvalue weighted by Crippen LogP contribution is -2.47. The van der Waals surface area contributed by atoms with Gasteiger partial charge in [-0.3, -0.25) is 4.79 Å². The molecule has 0 heterocycles. The second-order valence-electron chi connectivity index (χ2n) is 5.59. The number of hydrogen-bond donors (Lipinski definition) is 3. The zero-order valence-corrected chi connectivity index (χ0v) is 11.3. The Labute approximate surface area is 104 Å². The van der Waals surface area contributed by atoms with E-state index in [1.807, 2.05) is 14.0 Å². The second kappa shape index (κ2) is 6.36. The van der Waals surface area contributed by atoms with Crippen molar-refractivity contribution in [2.75, 3.05) is 20.1 Å². The van der Waals surface area contributed by atoms with E-state index in [9.17, 15) is 9.90 Å². The minimum atomic E-state index is -0.281. The Morgan fingerprint density at radius 3 is 2.82 bits per heavy atom. The molecule has 4 nitrogen and oxygen atoms in total. The van der Waals surface area contributed by atoms with E-state index in [4.69, 9.17) is 0 Å². The van der Waals surface area contributed by atoms with Crippen LogP contribution in [0.3, 0.4) is 0 Å². The molecule has 0 radical (unpaired) electrons. The molecular weight excluding hydrogens is 216 g/mol. The van der Waals surface area contributed by atoms with Crippen molar-refractivity contribution in [2.24, 2.45) is 11.3 Å². The highest BCUT2D eigenvalue weighted by Gasteiger charge is 2.35. The van der Waals surface area contributed by atoms with Crippen LogP contribution in [0.25, 0.3) is 0 Å². The first-order valence-electron chi connectivity index (χ1n) is 6.60. The number of carbonyl (C=O) groups excluding carboxylic acids is 1. The molecule has 0 aromatic carbocycles. The van der Waals surface area contributed by atoms with E-state index in [1.165, 1.54) is 0 Å². The van der Waals surface area contributed by atoms with Crippen molar-refractivity contribution < 1.29 is 9.90 Å². The predicted molar refractivity (Wildman–Crippen MR) is 68.7 cm³/mol. The smallest absolute Gasteiger partial charge is 0.224 e. The number of aliphatic hydroxyl groups is 1. The summed E-state index contributed by atoms with van der Waals surface area (Å²) in [7, 11) is 1.84. The van der Waals surface area contributed by atoms with Gasteiger partial charge >= 0.3 is 0 Å². The first-order chi connectivity index (χ1) is 7.99. The SMILES string of the molecule is CNCC(C)C(=O)NCC1(C)CCCCC1O. The van der Waals surface area contributed by atoms with E-state index >= 15 is 0 Å². The van der Waals surface area contributed by atoms with Crippen LogP contribution >= 0.6 is 0 Å². The Morgan fingerprint density at radius 2 is 2.24 bits per heavy atom. The van der Waals surface area contributed by atoms with Crippen LogP contribution in [0.2, 0.25) is 0 Å². The van der Waals surface area contributed by atoms with Gasteiger partial charge in [0, 0.05) is 24.4 Å². The van der Waals surface area contributed by atoms with Gasteiger partial charge in [-0.05, 0) is 19.9 Å². The van der Waals surface area contributed by atoms with E-state index in [-0.39, 0.29) is 23.3 Å². The summed E-state index contributed by atoms with van der Waals surface area (Å²) in [5.41, 5.74) is -0.146. The highest BCUT2D eigenvalue weighted by atomic mass is 16.3. The number of nitrogens with one attached hydrogen (secondary N) is 2. The lowest BCUT2D eigenvalue weighted by molar-refractivity contribution is -0.125. The van der Waals surface area contributed by atoms with Gasteiger partial charge in [0.05, 0.1) is 6.10 Å². The average molecular weight is 242 g/mol. The third-order valence-electron chi connectivity index (χ3n) is 3.90. The topological polar surface area (TPSA) is 61.4 Å². The van der Waals surface area contributed by atoms with E-state index in [1.54, 1.807) is 0 Å². The Hall–Kier alpha value is -0.610. The van der Waals surface area contributed by atoms with Crippen LogP contribution in [0, 0.1) is 11.3 Å². The molecule has 0 aromatic rings. The molecule has 1 aliphatic carbocycles. The van der Waals surface area contributed by atoms with Crippen LogP contribution in [-0.2, 0) is 4.79 Å². The zero-order chi connectivity index (χ0) is 12.9. The summed E-state index contributed by atoms with van der Waals surface area (Å²) in [6.07, 6.45) is 3.82. The van der Waals surface area contributed by atoms with Gasteiger partial charge in [0.2, 0.25) is 5.91 Å². The summed E-state index contributed by atoms with van der Waals surface area (Å²) >= 11 is 0. The van der Waals surface area contributed by atoms with Gasteiger partial charge in [0.15, 0.2) is 0 Å². The number of hydrogen-bond acceptors (Lipinski definition) is 3. The Morgan fingerprint density at radius 1 is 1.53 bits per heavy atom. The van der Waals surface area contributed by atoms with Gasteiger partial charge in [-0.1, -0.05) is 26.7 Å². The molecule has 100 valence electrons. The quantitative estimate of drug-likeness (QED) is 0.671. The Balaban J connectivity index is 2.40. The van der Waals surface area contributed by atoms with Crippen LogP contribution in [0.5, 0.6) is 0 Å². The van der Waals surface area contributed by atoms with Crippen molar-refractivity contribution >= 4 is 5.91 Å². The lowest BCUT2D eigenvalue weighted by atomic mass is 9.73. The van der Waals surface area contributed by atoms with Gasteiger partial charge in [0.1, 0.15) is 0 Å². The summed E-state index contributed by atoms with van der Waals surface area (Å²) in [6.45, 7) is 5.25. The third-order valence-corrected chi connectivity index (χ3v) is 3.90. The fourth-order valence-corrected chi connectivity index (χ4v) is 2.45. The fraction of sp³-hybridized carbons (Fsp3) is 0.923. The van der Waals surface area contributed by atoms with Crippen LogP contribution in [0.1, 0.15) is 39.5 Å². The maximum absolute atomic E-state index is 11.8. The number of carbonyl (C=O) groups is 1. The molecule has 0 bridgehead atoms. The van der Waals surface area contributed by atoms with Gasteiger partial charge in [-0.15, -0.1) is 0 Å². The standard InChI is InChI=1S/C13H26N2O2/c1-10(8-14-3)12(17)15-9-13(2)7-5-4-6-11(13)16/h10-11,14,16H,4-9H2,1-3H3,(H,15,17). The van der Waals surface area contributed by atoms with Crippen molar-refractivity contribution in [1.29, 1.82) is 0 Å². The van der Waals surface area contributed by atoms with Crippen LogP contribution < -0.4 is 10.6 Å². The average Bonchev–Trinajstić information content (AvgIpc) is 2.30. The summed E-state index contributed by atoms with van der Waals surface area (Å²) < 4.78 is 0. The van der Waals surface area contributed by atoms with E-state index in [0.717, 1.165) is 25.7 Å². The molecule has 3 unspecified atom stereocenters. The molecule has 1 saturated carbocycles. The zero-order valence-electron chi connectivity index (χ0n) is 11.3. The minimum absolute atomic E-state index is 0.0238. The van der Waals surface area contributed by atoms with E-state index in [0.29, 0.717) is 13.1 Å². The minimum Gasteiger partial charge on any atom is -0.392 e. The van der Waals surface area contributed by atoms with Crippen molar-refractivity contribution in [3.05, 3.63) is 0 Å². The van der Waals surface area contributed by atoms with Crippen molar-refractivity contribution in [1.82, 2.24) is 10.6 Å². The highest BCUT2D eigenvalue weighted by molar-refractivity contribution is 5.78. The van der Waals surface area contributed by atoms with E-state index in [2.05, 4.69) is 17.6 Å². The van der Waals surface area contributed by atoms with Gasteiger partial charge < -0.3 is 15.7 Å². The molecular formula is C13H26N2O2. The van der Waals surface area contributed by atoms with Gasteiger partial charge in [-0.25, -0.2) is 0 Å². The molecule has 0 aromatic heterocycles. The highest BCUT2D eigenvalue weighted by Crippen LogP contribution is 2.35. The molecule has 3 atom stereocenters. The molecule has 1 rings (SSSR count). The number of aliphatic hydroxyl groups excluding tert-OH is 1. The van der Waals surface area contributed by atoms with Gasteiger partial charge in [-0.2, -0.15) is 0 Å². The molecule has 0 spiro atoms. The molecule has 1 fully saturated rings. The molecule has 17 heavy (non-hydrogen) atoms. The van der Waals surface area contributed by atoms with E-state index < -0.39 is 0 Å². The Bertz CT molecular complexity index is 258. The third kappa shape index (κ3) is 3.96. The monoisotopic (exact) mass is 242 g/mol. The van der Waals surface area contributed by atoms with Crippen molar-refractivity contribution in [3.8, 4) is 0 Å². The van der Waals surface area contributed by atoms with Crippen molar-refractivity contribution in [2.45, 2.75) is 45.6 Å². The summed E-state index contributed by atoms with van der Waals surface area (Å²) in [5.74, 6) is 0.0441. The molecule has 1 aliphatic rings. The summed E-state index contributed by atoms with van der Waals surface area (Å²) in [6, 6.07) is 0. The molecule has 0 saturated heterocycles. The number of rotatable bonds is 5. The Kier molecular flexibility index (Phi) is 5.40. The van der Waals surface area contributed by atoms with Crippen LogP contribution in [0.4, 0.5) is 0 Å². The normalized spacial score (nSPS) is 30.9. The van der Waals surface area contributed by atoms with Crippen LogP contribution in [0.15, 0.2) is 0 Å². The molecule has 4 heteroatoms. The maximum Gasteiger partial charge on any atom is 0.224 e. The first-order valence-corrected chi connectivity index (χ1v) is 6.60. The van der Waals surface area contributed by atoms with Crippen LogP contribution in [-0.4, -0.2) is 37.3 Å². The van der Waals surface area contributed by atoms with Gasteiger partial charge in [0.25, 0.3) is 0 Å². The molecule has 0 aliphatic heterocycles. The summed E-state index contributed by atoms with van der Waals surface area (Å²) in [5, 5.41) is 16.0.